The second kappa shape index (κ2) is 11.8. The molecule has 5 N–H and O–H groups in total. The Morgan fingerprint density at radius 3 is 2.40 bits per heavy atom. The highest BCUT2D eigenvalue weighted by Gasteiger charge is 2.72. The fraction of sp³-hybridized carbons (Fsp3) is 0.878. The van der Waals surface area contributed by atoms with Crippen LogP contribution in [0.3, 0.4) is 0 Å². The number of rotatable bonds is 9. The molecule has 2 heterocycles. The SMILES string of the molecule is CC(C)[C@@H](C)[C@@]1(C)CC[C@]2(C)[C@H]3CC[C@@H]4[C@@]5(COC[C@@]4(C)[C@@H](OC[C@](C)(N)C(C)C)[C@H](n4nc(N)nc4C4CC4)C5)C3=CC[C@@]2(C)[C@@H]1C(=O)O. The van der Waals surface area contributed by atoms with Gasteiger partial charge >= 0.3 is 5.97 Å². The van der Waals surface area contributed by atoms with Crippen LogP contribution in [-0.4, -0.2) is 57.3 Å². The predicted molar refractivity (Wildman–Crippen MR) is 196 cm³/mol. The van der Waals surface area contributed by atoms with E-state index in [-0.39, 0.29) is 45.1 Å². The summed E-state index contributed by atoms with van der Waals surface area (Å²) in [7, 11) is 0. The summed E-state index contributed by atoms with van der Waals surface area (Å²) in [5.74, 6) is 2.38. The van der Waals surface area contributed by atoms with Gasteiger partial charge in [0.15, 0.2) is 0 Å². The van der Waals surface area contributed by atoms with Gasteiger partial charge in [-0.1, -0.05) is 74.0 Å². The van der Waals surface area contributed by atoms with Crippen molar-refractivity contribution in [3.63, 3.8) is 0 Å². The highest BCUT2D eigenvalue weighted by molar-refractivity contribution is 5.73. The molecule has 280 valence electrons. The number of allylic oxidation sites excluding steroid dienone is 1. The van der Waals surface area contributed by atoms with E-state index in [0.29, 0.717) is 55.4 Å². The molecule has 9 nitrogen and oxygen atoms in total. The van der Waals surface area contributed by atoms with Crippen molar-refractivity contribution in [1.29, 1.82) is 0 Å². The Hall–Kier alpha value is -1.97. The number of carboxylic acids is 1. The van der Waals surface area contributed by atoms with E-state index in [1.807, 2.05) is 0 Å². The molecule has 1 saturated heterocycles. The summed E-state index contributed by atoms with van der Waals surface area (Å²) in [6.45, 7) is 24.5. The van der Waals surface area contributed by atoms with Crippen molar-refractivity contribution >= 4 is 11.9 Å². The molecule has 9 heteroatoms. The van der Waals surface area contributed by atoms with Crippen LogP contribution in [0.2, 0.25) is 0 Å². The number of nitrogens with zero attached hydrogens (tertiary/aromatic N) is 3. The molecule has 12 atom stereocenters. The zero-order valence-electron chi connectivity index (χ0n) is 32.7. The molecule has 50 heavy (non-hydrogen) atoms. The third kappa shape index (κ3) is 4.97. The average molecular weight is 694 g/mol. The molecule has 5 fully saturated rings. The Kier molecular flexibility index (Phi) is 8.56. The summed E-state index contributed by atoms with van der Waals surface area (Å²) in [5.41, 5.74) is 13.1. The van der Waals surface area contributed by atoms with Crippen molar-refractivity contribution in [3.05, 3.63) is 17.5 Å². The number of aromatic nitrogens is 3. The zero-order valence-corrected chi connectivity index (χ0v) is 32.7. The summed E-state index contributed by atoms with van der Waals surface area (Å²) in [4.78, 5) is 18.3. The third-order valence-corrected chi connectivity index (χ3v) is 16.9. The van der Waals surface area contributed by atoms with Crippen LogP contribution in [0.5, 0.6) is 0 Å². The first kappa shape index (κ1) is 36.4. The maximum absolute atomic E-state index is 13.5. The van der Waals surface area contributed by atoms with Crippen LogP contribution < -0.4 is 11.5 Å². The molecule has 6 aliphatic rings. The van der Waals surface area contributed by atoms with E-state index < -0.39 is 17.4 Å². The van der Waals surface area contributed by atoms with Crippen LogP contribution in [0.4, 0.5) is 5.95 Å². The summed E-state index contributed by atoms with van der Waals surface area (Å²) in [6.07, 6.45) is 10.4. The fourth-order valence-corrected chi connectivity index (χ4v) is 12.8. The topological polar surface area (TPSA) is 139 Å². The van der Waals surface area contributed by atoms with Gasteiger partial charge in [0.1, 0.15) is 5.82 Å². The molecule has 4 saturated carbocycles. The molecular formula is C41H67N5O4. The smallest absolute Gasteiger partial charge is 0.307 e. The van der Waals surface area contributed by atoms with Crippen molar-refractivity contribution in [3.8, 4) is 0 Å². The van der Waals surface area contributed by atoms with E-state index in [9.17, 15) is 9.90 Å². The van der Waals surface area contributed by atoms with Crippen molar-refractivity contribution in [2.24, 2.45) is 68.3 Å². The maximum atomic E-state index is 13.5. The molecule has 5 aliphatic carbocycles. The van der Waals surface area contributed by atoms with Gasteiger partial charge in [0.25, 0.3) is 0 Å². The minimum Gasteiger partial charge on any atom is -0.481 e. The molecule has 0 spiro atoms. The standard InChI is InChI=1S/C41H67N5O4/c1-23(2)25(5)36(6)17-18-38(8)27-13-14-30-37(7)20-49-22-41(30,28(27)15-16-39(38,9)31(36)34(47)48)19-29(32(37)50-21-40(10,43)24(3)4)46-33(26-11-12-26)44-35(42)45-46/h15,23-27,29-32H,11-14,16-22,43H2,1-10H3,(H2,42,45)(H,47,48)/t25-,27+,29-,30+,31-,32+,36-,37-,38-,39+,40+,41+/m1/s1. The van der Waals surface area contributed by atoms with Gasteiger partial charge in [0.2, 0.25) is 5.95 Å². The number of hydrogen-bond donors (Lipinski definition) is 3. The van der Waals surface area contributed by atoms with Crippen LogP contribution in [0.1, 0.15) is 138 Å². The molecule has 7 rings (SSSR count). The minimum atomic E-state index is -0.618. The summed E-state index contributed by atoms with van der Waals surface area (Å²) in [6, 6.07) is -0.0578. The Labute approximate surface area is 301 Å². The Balaban J connectivity index is 1.34. The molecule has 0 unspecified atom stereocenters. The van der Waals surface area contributed by atoms with Gasteiger partial charge in [-0.05, 0) is 104 Å². The largest absolute Gasteiger partial charge is 0.481 e. The van der Waals surface area contributed by atoms with E-state index in [1.54, 1.807) is 0 Å². The molecule has 0 radical (unpaired) electrons. The number of hydrogen-bond acceptors (Lipinski definition) is 7. The van der Waals surface area contributed by atoms with Gasteiger partial charge in [-0.25, -0.2) is 4.68 Å². The summed E-state index contributed by atoms with van der Waals surface area (Å²) >= 11 is 0. The molecule has 2 bridgehead atoms. The Morgan fingerprint density at radius 1 is 1.08 bits per heavy atom. The van der Waals surface area contributed by atoms with Gasteiger partial charge in [0, 0.05) is 22.3 Å². The van der Waals surface area contributed by atoms with Gasteiger partial charge in [-0.2, -0.15) is 4.98 Å². The summed E-state index contributed by atoms with van der Waals surface area (Å²) in [5, 5.41) is 16.0. The van der Waals surface area contributed by atoms with E-state index in [1.165, 1.54) is 5.57 Å². The minimum absolute atomic E-state index is 0.0578. The van der Waals surface area contributed by atoms with Crippen molar-refractivity contribution < 1.29 is 19.4 Å². The maximum Gasteiger partial charge on any atom is 0.307 e. The predicted octanol–water partition coefficient (Wildman–Crippen LogP) is 7.63. The molecule has 1 aliphatic heterocycles. The quantitative estimate of drug-likeness (QED) is 0.225. The second-order valence-corrected chi connectivity index (χ2v) is 20.1. The lowest BCUT2D eigenvalue weighted by molar-refractivity contribution is -0.252. The number of fused-ring (bicyclic) bond motifs is 3. The second-order valence-electron chi connectivity index (χ2n) is 20.1. The highest BCUT2D eigenvalue weighted by Crippen LogP contribution is 2.75. The van der Waals surface area contributed by atoms with Crippen LogP contribution in [0.25, 0.3) is 0 Å². The lowest BCUT2D eigenvalue weighted by Crippen LogP contribution is -2.69. The number of carboxylic acid groups (broad SMARTS) is 1. The molecule has 1 aromatic rings. The number of anilines is 1. The Morgan fingerprint density at radius 2 is 1.78 bits per heavy atom. The van der Waals surface area contributed by atoms with Gasteiger partial charge in [0.05, 0.1) is 37.9 Å². The number of nitrogen functional groups attached to an aromatic ring is 1. The first-order valence-electron chi connectivity index (χ1n) is 19.9. The zero-order chi connectivity index (χ0) is 36.4. The van der Waals surface area contributed by atoms with E-state index in [2.05, 4.69) is 80.0 Å². The molecule has 1 aromatic heterocycles. The van der Waals surface area contributed by atoms with Gasteiger partial charge in [-0.15, -0.1) is 5.10 Å². The number of carbonyl (C=O) groups is 1. The Bertz CT molecular complexity index is 1530. The number of aliphatic carboxylic acids is 1. The van der Waals surface area contributed by atoms with Crippen molar-refractivity contribution in [2.45, 2.75) is 144 Å². The van der Waals surface area contributed by atoms with Gasteiger partial charge < -0.3 is 26.0 Å². The lowest BCUT2D eigenvalue weighted by Gasteiger charge is -2.71. The van der Waals surface area contributed by atoms with Gasteiger partial charge in [-0.3, -0.25) is 4.79 Å². The first-order valence-corrected chi connectivity index (χ1v) is 19.9. The van der Waals surface area contributed by atoms with Crippen molar-refractivity contribution in [2.75, 3.05) is 25.6 Å². The summed E-state index contributed by atoms with van der Waals surface area (Å²) < 4.78 is 16.1. The van der Waals surface area contributed by atoms with Crippen LogP contribution in [-0.2, 0) is 14.3 Å². The van der Waals surface area contributed by atoms with Crippen molar-refractivity contribution in [1.82, 2.24) is 14.8 Å². The number of nitrogens with two attached hydrogens (primary N) is 2. The highest BCUT2D eigenvalue weighted by atomic mass is 16.5. The number of ether oxygens (including phenoxy) is 2. The average Bonchev–Trinajstić information content (AvgIpc) is 3.80. The van der Waals surface area contributed by atoms with E-state index in [4.69, 9.17) is 31.0 Å². The molecular weight excluding hydrogens is 626 g/mol. The van der Waals surface area contributed by atoms with E-state index in [0.717, 1.165) is 57.2 Å². The lowest BCUT2D eigenvalue weighted by atomic mass is 9.34. The molecule has 0 amide bonds. The van der Waals surface area contributed by atoms with E-state index >= 15 is 0 Å². The third-order valence-electron chi connectivity index (χ3n) is 16.9. The normalized spacial score (nSPS) is 44.5. The fourth-order valence-electron chi connectivity index (χ4n) is 12.8. The monoisotopic (exact) mass is 694 g/mol. The molecule has 0 aromatic carbocycles. The van der Waals surface area contributed by atoms with Crippen LogP contribution in [0.15, 0.2) is 11.6 Å². The van der Waals surface area contributed by atoms with Crippen LogP contribution >= 0.6 is 0 Å². The van der Waals surface area contributed by atoms with Crippen LogP contribution in [0, 0.1) is 62.6 Å². The first-order chi connectivity index (χ1) is 23.3.